The normalized spacial score (nSPS) is 22.8. The number of carbonyl (C=O) groups excluding carboxylic acids is 3. The molecule has 13 nitrogen and oxygen atoms in total. The fourth-order valence-electron chi connectivity index (χ4n) is 4.92. The Morgan fingerprint density at radius 1 is 0.850 bits per heavy atom. The maximum atomic E-state index is 12.9. The quantitative estimate of drug-likeness (QED) is 0.284. The molecule has 2 aliphatic rings. The zero-order valence-corrected chi connectivity index (χ0v) is 23.5. The lowest BCUT2D eigenvalue weighted by atomic mass is 10.1. The topological polar surface area (TPSA) is 190 Å². The highest BCUT2D eigenvalue weighted by atomic mass is 32.2. The van der Waals surface area contributed by atoms with E-state index in [4.69, 9.17) is 0 Å². The van der Waals surface area contributed by atoms with Crippen LogP contribution in [0.1, 0.15) is 41.8 Å². The first-order valence-corrected chi connectivity index (χ1v) is 15.6. The van der Waals surface area contributed by atoms with Crippen molar-refractivity contribution in [2.75, 3.05) is 13.1 Å². The largest absolute Gasteiger partial charge is 0.480 e. The van der Waals surface area contributed by atoms with Crippen molar-refractivity contribution in [2.24, 2.45) is 0 Å². The maximum Gasteiger partial charge on any atom is 0.326 e. The minimum atomic E-state index is -3.86. The van der Waals surface area contributed by atoms with E-state index < -0.39 is 57.9 Å². The summed E-state index contributed by atoms with van der Waals surface area (Å²) >= 11 is 2.26. The number of hydrogen-bond donors (Lipinski definition) is 4. The van der Waals surface area contributed by atoms with E-state index in [2.05, 4.69) is 10.0 Å². The molecule has 4 unspecified atom stereocenters. The number of aliphatic carboxylic acids is 2. The Balaban J connectivity index is 1.30. The summed E-state index contributed by atoms with van der Waals surface area (Å²) in [6.07, 6.45) is -0.336. The molecule has 0 radical (unpaired) electrons. The molecule has 0 bridgehead atoms. The van der Waals surface area contributed by atoms with Crippen LogP contribution in [0.3, 0.4) is 0 Å². The summed E-state index contributed by atoms with van der Waals surface area (Å²) in [6, 6.07) is 2.68. The van der Waals surface area contributed by atoms with Crippen molar-refractivity contribution >= 4 is 62.4 Å². The van der Waals surface area contributed by atoms with E-state index in [0.29, 0.717) is 4.88 Å². The van der Waals surface area contributed by atoms with E-state index in [-0.39, 0.29) is 55.3 Å². The fourth-order valence-corrected chi connectivity index (χ4v) is 7.79. The zero-order valence-electron chi connectivity index (χ0n) is 21.1. The summed E-state index contributed by atoms with van der Waals surface area (Å²) in [7, 11) is -3.86. The molecule has 4 heterocycles. The van der Waals surface area contributed by atoms with Crippen molar-refractivity contribution in [1.29, 1.82) is 0 Å². The van der Waals surface area contributed by atoms with Crippen LogP contribution in [-0.2, 0) is 29.2 Å². The van der Waals surface area contributed by atoms with Crippen LogP contribution in [-0.4, -0.2) is 95.3 Å². The first-order valence-electron chi connectivity index (χ1n) is 12.4. The molecule has 0 saturated carbocycles. The second-order valence-electron chi connectivity index (χ2n) is 9.52. The monoisotopic (exact) mass is 612 g/mol. The maximum absolute atomic E-state index is 12.9. The number of likely N-dealkylation sites (tertiary alicyclic amines) is 2. The predicted octanol–water partition coefficient (Wildman–Crippen LogP) is 0.796. The van der Waals surface area contributed by atoms with Crippen LogP contribution in [0, 0.1) is 0 Å². The van der Waals surface area contributed by atoms with Gasteiger partial charge in [-0.15, -0.1) is 22.7 Å². The zero-order chi connectivity index (χ0) is 29.0. The van der Waals surface area contributed by atoms with Gasteiger partial charge in [-0.3, -0.25) is 14.4 Å². The van der Waals surface area contributed by atoms with Gasteiger partial charge in [-0.2, -0.15) is 0 Å². The lowest BCUT2D eigenvalue weighted by Gasteiger charge is -2.23. The molecule has 3 amide bonds. The number of amides is 3. The van der Waals surface area contributed by atoms with E-state index in [1.807, 2.05) is 0 Å². The molecule has 0 aromatic carbocycles. The Bertz CT molecular complexity index is 1360. The van der Waals surface area contributed by atoms with Gasteiger partial charge in [0.1, 0.15) is 16.3 Å². The van der Waals surface area contributed by atoms with Gasteiger partial charge in [-0.1, -0.05) is 12.1 Å². The fraction of sp³-hybridized carbons (Fsp3) is 0.458. The number of sulfonamides is 1. The molecule has 2 saturated heterocycles. The molecular formula is C24H28N4O9S3. The summed E-state index contributed by atoms with van der Waals surface area (Å²) in [4.78, 5) is 64.4. The second-order valence-corrected chi connectivity index (χ2v) is 13.4. The van der Waals surface area contributed by atoms with Gasteiger partial charge in [0.25, 0.3) is 5.91 Å². The minimum Gasteiger partial charge on any atom is -0.480 e. The van der Waals surface area contributed by atoms with Gasteiger partial charge >= 0.3 is 11.9 Å². The molecule has 2 aliphatic heterocycles. The van der Waals surface area contributed by atoms with Crippen molar-refractivity contribution in [2.45, 2.75) is 60.5 Å². The number of carboxylic acids is 2. The molecule has 2 aromatic rings. The second kappa shape index (κ2) is 12.4. The summed E-state index contributed by atoms with van der Waals surface area (Å²) in [6.45, 7) is -0.118. The summed E-state index contributed by atoms with van der Waals surface area (Å²) in [5.74, 6) is -3.85. The lowest BCUT2D eigenvalue weighted by Crippen LogP contribution is -2.42. The van der Waals surface area contributed by atoms with Crippen molar-refractivity contribution in [3.05, 3.63) is 39.9 Å². The van der Waals surface area contributed by atoms with Crippen LogP contribution in [0.15, 0.2) is 39.2 Å². The van der Waals surface area contributed by atoms with Gasteiger partial charge in [-0.25, -0.2) is 22.7 Å². The molecule has 0 aliphatic carbocycles. The summed E-state index contributed by atoms with van der Waals surface area (Å²) < 4.78 is 27.6. The Labute approximate surface area is 237 Å². The average molecular weight is 613 g/mol. The number of thiophene rings is 2. The Morgan fingerprint density at radius 3 is 1.93 bits per heavy atom. The standard InChI is InChI=1S/C24H28N4O9S3/c29-19(27-12-14(10-16(27)23(32)33)25-22(31)18-4-2-8-38-18)5-1-6-20(30)28-13-15(11-17(28)24(34)35)26-40(36,37)21-7-3-9-39-21/h2-4,7-9,14-17,26H,1,5-6,10-13H2,(H,25,31)(H,32,33)(H,34,35). The van der Waals surface area contributed by atoms with Crippen molar-refractivity contribution < 1.29 is 42.6 Å². The Kier molecular flexibility index (Phi) is 9.22. The summed E-state index contributed by atoms with van der Waals surface area (Å²) in [5.41, 5.74) is 0. The molecule has 0 spiro atoms. The summed E-state index contributed by atoms with van der Waals surface area (Å²) in [5, 5.41) is 25.3. The highest BCUT2D eigenvalue weighted by Crippen LogP contribution is 2.25. The van der Waals surface area contributed by atoms with E-state index in [0.717, 1.165) is 16.2 Å². The van der Waals surface area contributed by atoms with E-state index in [9.17, 15) is 42.6 Å². The van der Waals surface area contributed by atoms with Gasteiger partial charge < -0.3 is 25.3 Å². The minimum absolute atomic E-state index is 0.0140. The third kappa shape index (κ3) is 6.86. The van der Waals surface area contributed by atoms with Crippen LogP contribution < -0.4 is 10.0 Å². The number of carbonyl (C=O) groups is 5. The van der Waals surface area contributed by atoms with Gasteiger partial charge in [0.2, 0.25) is 21.8 Å². The molecule has 4 N–H and O–H groups in total. The first kappa shape index (κ1) is 29.6. The van der Waals surface area contributed by atoms with Crippen molar-refractivity contribution in [3.63, 3.8) is 0 Å². The van der Waals surface area contributed by atoms with Crippen molar-refractivity contribution in [1.82, 2.24) is 19.8 Å². The van der Waals surface area contributed by atoms with Gasteiger partial charge in [0.05, 0.1) is 4.88 Å². The predicted molar refractivity (Wildman–Crippen MR) is 143 cm³/mol. The third-order valence-corrected chi connectivity index (χ3v) is 10.5. The molecule has 2 aromatic heterocycles. The van der Waals surface area contributed by atoms with Crippen molar-refractivity contribution in [3.8, 4) is 0 Å². The molecule has 4 rings (SSSR count). The molecule has 4 atom stereocenters. The Hall–Kier alpha value is -3.34. The molecular weight excluding hydrogens is 584 g/mol. The molecule has 216 valence electrons. The van der Waals surface area contributed by atoms with Crippen LogP contribution in [0.5, 0.6) is 0 Å². The first-order chi connectivity index (χ1) is 19.0. The van der Waals surface area contributed by atoms with E-state index >= 15 is 0 Å². The third-order valence-electron chi connectivity index (χ3n) is 6.76. The van der Waals surface area contributed by atoms with Crippen LogP contribution in [0.2, 0.25) is 0 Å². The Morgan fingerprint density at radius 2 is 1.40 bits per heavy atom. The molecule has 16 heteroatoms. The number of nitrogens with zero attached hydrogens (tertiary/aromatic N) is 2. The van der Waals surface area contributed by atoms with E-state index in [1.165, 1.54) is 22.3 Å². The van der Waals surface area contributed by atoms with Crippen LogP contribution >= 0.6 is 22.7 Å². The highest BCUT2D eigenvalue weighted by molar-refractivity contribution is 7.91. The van der Waals surface area contributed by atoms with E-state index in [1.54, 1.807) is 29.0 Å². The van der Waals surface area contributed by atoms with Gasteiger partial charge in [-0.05, 0) is 35.7 Å². The molecule has 2 fully saturated rings. The lowest BCUT2D eigenvalue weighted by molar-refractivity contribution is -0.149. The molecule has 40 heavy (non-hydrogen) atoms. The smallest absolute Gasteiger partial charge is 0.326 e. The SMILES string of the molecule is O=C(NC1CC(C(=O)O)N(C(=O)CCCC(=O)N2CC(NS(=O)(=O)c3cccs3)CC2C(=O)O)C1)c1cccs1. The van der Waals surface area contributed by atoms with Crippen LogP contribution in [0.4, 0.5) is 0 Å². The van der Waals surface area contributed by atoms with Crippen LogP contribution in [0.25, 0.3) is 0 Å². The number of nitrogens with one attached hydrogen (secondary N) is 2. The van der Waals surface area contributed by atoms with Gasteiger partial charge in [0.15, 0.2) is 0 Å². The number of hydrogen-bond acceptors (Lipinski definition) is 9. The number of rotatable bonds is 11. The highest BCUT2D eigenvalue weighted by Gasteiger charge is 2.42. The number of carboxylic acid groups (broad SMARTS) is 2. The average Bonchev–Trinajstić information content (AvgIpc) is 3.70. The van der Waals surface area contributed by atoms with Gasteiger partial charge in [0, 0.05) is 44.4 Å².